The molecule has 0 saturated carbocycles. The summed E-state index contributed by atoms with van der Waals surface area (Å²) in [6.45, 7) is 0. The van der Waals surface area contributed by atoms with Crippen LogP contribution in [-0.2, 0) is 6.42 Å². The molecule has 0 aliphatic rings. The van der Waals surface area contributed by atoms with Crippen LogP contribution >= 0.6 is 22.9 Å². The highest BCUT2D eigenvalue weighted by Gasteiger charge is 2.12. The molecule has 0 amide bonds. The third kappa shape index (κ3) is 2.56. The van der Waals surface area contributed by atoms with Gasteiger partial charge in [0, 0.05) is 23.3 Å². The van der Waals surface area contributed by atoms with Crippen LogP contribution in [0.3, 0.4) is 0 Å². The summed E-state index contributed by atoms with van der Waals surface area (Å²) in [5.74, 6) is 0. The second-order valence-corrected chi connectivity index (χ2v) is 4.66. The Morgan fingerprint density at radius 1 is 1.47 bits per heavy atom. The van der Waals surface area contributed by atoms with Crippen LogP contribution in [-0.4, -0.2) is 4.98 Å². The van der Waals surface area contributed by atoms with E-state index >= 15 is 0 Å². The van der Waals surface area contributed by atoms with Gasteiger partial charge in [0.15, 0.2) is 0 Å². The molecule has 78 valence electrons. The summed E-state index contributed by atoms with van der Waals surface area (Å²) in [5.41, 5.74) is 7.20. The molecular weight excluding hydrogens is 228 g/mol. The number of pyridine rings is 1. The summed E-state index contributed by atoms with van der Waals surface area (Å²) < 4.78 is 0. The van der Waals surface area contributed by atoms with E-state index in [4.69, 9.17) is 17.3 Å². The Bertz CT molecular complexity index is 427. The second kappa shape index (κ2) is 4.75. The predicted molar refractivity (Wildman–Crippen MR) is 64.2 cm³/mol. The number of aromatic nitrogens is 1. The van der Waals surface area contributed by atoms with Crippen molar-refractivity contribution in [3.63, 3.8) is 0 Å². The molecule has 0 fully saturated rings. The van der Waals surface area contributed by atoms with Gasteiger partial charge in [-0.1, -0.05) is 17.7 Å². The number of hydrogen-bond acceptors (Lipinski definition) is 3. The summed E-state index contributed by atoms with van der Waals surface area (Å²) in [7, 11) is 0. The van der Waals surface area contributed by atoms with E-state index in [0.29, 0.717) is 0 Å². The quantitative estimate of drug-likeness (QED) is 0.893. The number of nitrogens with zero attached hydrogens (tertiary/aromatic N) is 1. The van der Waals surface area contributed by atoms with Crippen molar-refractivity contribution in [2.24, 2.45) is 5.73 Å². The van der Waals surface area contributed by atoms with Gasteiger partial charge in [-0.25, -0.2) is 0 Å². The lowest BCUT2D eigenvalue weighted by atomic mass is 10.1. The fourth-order valence-corrected chi connectivity index (χ4v) is 2.64. The summed E-state index contributed by atoms with van der Waals surface area (Å²) >= 11 is 7.62. The highest BCUT2D eigenvalue weighted by Crippen LogP contribution is 2.28. The molecule has 2 N–H and O–H groups in total. The molecule has 2 aromatic rings. The normalized spacial score (nSPS) is 12.7. The lowest BCUT2D eigenvalue weighted by Gasteiger charge is -2.09. The topological polar surface area (TPSA) is 38.9 Å². The van der Waals surface area contributed by atoms with Gasteiger partial charge in [-0.3, -0.25) is 4.98 Å². The third-order valence-electron chi connectivity index (χ3n) is 2.16. The molecule has 0 saturated heterocycles. The zero-order valence-electron chi connectivity index (χ0n) is 8.06. The van der Waals surface area contributed by atoms with Crippen LogP contribution in [0.2, 0.25) is 5.02 Å². The van der Waals surface area contributed by atoms with Crippen molar-refractivity contribution < 1.29 is 0 Å². The van der Waals surface area contributed by atoms with E-state index in [-0.39, 0.29) is 6.04 Å². The first-order valence-corrected chi connectivity index (χ1v) is 5.90. The van der Waals surface area contributed by atoms with E-state index in [2.05, 4.69) is 4.98 Å². The van der Waals surface area contributed by atoms with Crippen LogP contribution in [0.25, 0.3) is 0 Å². The van der Waals surface area contributed by atoms with Crippen molar-refractivity contribution >= 4 is 22.9 Å². The Hall–Kier alpha value is -0.900. The van der Waals surface area contributed by atoms with Crippen LogP contribution in [0.15, 0.2) is 36.0 Å². The Labute approximate surface area is 97.7 Å². The van der Waals surface area contributed by atoms with Crippen LogP contribution in [0, 0.1) is 0 Å². The maximum atomic E-state index is 6.07. The Balaban J connectivity index is 2.11. The SMILES string of the molecule is NC(Cc1cccnc1)c1sccc1Cl. The second-order valence-electron chi connectivity index (χ2n) is 3.30. The molecule has 1 unspecified atom stereocenters. The smallest absolute Gasteiger partial charge is 0.0561 e. The zero-order valence-corrected chi connectivity index (χ0v) is 9.63. The monoisotopic (exact) mass is 238 g/mol. The number of rotatable bonds is 3. The minimum absolute atomic E-state index is 0.0401. The first-order chi connectivity index (χ1) is 7.27. The van der Waals surface area contributed by atoms with Gasteiger partial charge in [-0.15, -0.1) is 11.3 Å². The molecule has 0 aromatic carbocycles. The summed E-state index contributed by atoms with van der Waals surface area (Å²) in [4.78, 5) is 5.10. The first kappa shape index (κ1) is 10.6. The lowest BCUT2D eigenvalue weighted by molar-refractivity contribution is 0.734. The molecular formula is C11H11ClN2S. The van der Waals surface area contributed by atoms with Crippen molar-refractivity contribution in [2.75, 3.05) is 0 Å². The van der Waals surface area contributed by atoms with E-state index in [0.717, 1.165) is 21.9 Å². The highest BCUT2D eigenvalue weighted by atomic mass is 35.5. The van der Waals surface area contributed by atoms with Crippen LogP contribution in [0.4, 0.5) is 0 Å². The first-order valence-electron chi connectivity index (χ1n) is 4.65. The molecule has 0 bridgehead atoms. The van der Waals surface area contributed by atoms with Gasteiger partial charge in [0.05, 0.1) is 5.02 Å². The Morgan fingerprint density at radius 2 is 2.33 bits per heavy atom. The van der Waals surface area contributed by atoms with Crippen molar-refractivity contribution in [1.29, 1.82) is 0 Å². The van der Waals surface area contributed by atoms with Crippen molar-refractivity contribution in [2.45, 2.75) is 12.5 Å². The largest absolute Gasteiger partial charge is 0.323 e. The van der Waals surface area contributed by atoms with Crippen LogP contribution in [0.1, 0.15) is 16.5 Å². The predicted octanol–water partition coefficient (Wildman–Crippen LogP) is 3.04. The molecule has 2 aromatic heterocycles. The minimum Gasteiger partial charge on any atom is -0.323 e. The van der Waals surface area contributed by atoms with E-state index < -0.39 is 0 Å². The van der Waals surface area contributed by atoms with Crippen LogP contribution in [0.5, 0.6) is 0 Å². The lowest BCUT2D eigenvalue weighted by Crippen LogP contribution is -2.12. The van der Waals surface area contributed by atoms with Crippen molar-refractivity contribution in [3.05, 3.63) is 51.4 Å². The summed E-state index contributed by atoms with van der Waals surface area (Å²) in [6.07, 6.45) is 4.36. The van der Waals surface area contributed by atoms with E-state index in [1.807, 2.05) is 29.8 Å². The minimum atomic E-state index is -0.0401. The average Bonchev–Trinajstić information content (AvgIpc) is 2.66. The molecule has 2 heterocycles. The molecule has 1 atom stereocenters. The van der Waals surface area contributed by atoms with Gasteiger partial charge in [-0.05, 0) is 29.5 Å². The van der Waals surface area contributed by atoms with Crippen LogP contribution < -0.4 is 5.73 Å². The number of halogens is 1. The third-order valence-corrected chi connectivity index (χ3v) is 3.65. The highest BCUT2D eigenvalue weighted by molar-refractivity contribution is 7.10. The number of hydrogen-bond donors (Lipinski definition) is 1. The molecule has 2 nitrogen and oxygen atoms in total. The summed E-state index contributed by atoms with van der Waals surface area (Å²) in [5, 5.41) is 2.72. The van der Waals surface area contributed by atoms with Crippen molar-refractivity contribution in [3.8, 4) is 0 Å². The van der Waals surface area contributed by atoms with E-state index in [1.54, 1.807) is 17.5 Å². The van der Waals surface area contributed by atoms with Gasteiger partial charge >= 0.3 is 0 Å². The maximum Gasteiger partial charge on any atom is 0.0561 e. The molecule has 4 heteroatoms. The zero-order chi connectivity index (χ0) is 10.7. The Morgan fingerprint density at radius 3 is 2.93 bits per heavy atom. The van der Waals surface area contributed by atoms with Gasteiger partial charge < -0.3 is 5.73 Å². The summed E-state index contributed by atoms with van der Waals surface area (Å²) in [6, 6.07) is 5.78. The number of nitrogens with two attached hydrogens (primary N) is 1. The number of thiophene rings is 1. The van der Waals surface area contributed by atoms with Gasteiger partial charge in [0.2, 0.25) is 0 Å². The van der Waals surface area contributed by atoms with E-state index in [1.165, 1.54) is 0 Å². The van der Waals surface area contributed by atoms with Gasteiger partial charge in [0.1, 0.15) is 0 Å². The van der Waals surface area contributed by atoms with E-state index in [9.17, 15) is 0 Å². The van der Waals surface area contributed by atoms with Gasteiger partial charge in [-0.2, -0.15) is 0 Å². The fourth-order valence-electron chi connectivity index (χ4n) is 1.44. The standard InChI is InChI=1S/C11H11ClN2S/c12-9-3-5-15-11(9)10(13)6-8-2-1-4-14-7-8/h1-5,7,10H,6,13H2. The molecule has 15 heavy (non-hydrogen) atoms. The van der Waals surface area contributed by atoms with Gasteiger partial charge in [0.25, 0.3) is 0 Å². The molecule has 0 aliphatic heterocycles. The van der Waals surface area contributed by atoms with Crippen molar-refractivity contribution in [1.82, 2.24) is 4.98 Å². The molecule has 0 spiro atoms. The molecule has 2 rings (SSSR count). The molecule has 0 radical (unpaired) electrons. The fraction of sp³-hybridized carbons (Fsp3) is 0.182. The maximum absolute atomic E-state index is 6.07. The Kier molecular flexibility index (Phi) is 3.36. The average molecular weight is 239 g/mol. The molecule has 0 aliphatic carbocycles.